The zero-order chi connectivity index (χ0) is 12.0. The molecule has 16 heavy (non-hydrogen) atoms. The Morgan fingerprint density at radius 3 is 2.88 bits per heavy atom. The van der Waals surface area contributed by atoms with E-state index in [1.165, 1.54) is 0 Å². The van der Waals surface area contributed by atoms with Gasteiger partial charge in [0.2, 0.25) is 0 Å². The van der Waals surface area contributed by atoms with Crippen molar-refractivity contribution in [3.05, 3.63) is 30.1 Å². The number of aromatic nitrogens is 2. The molecular formula is C13H22N2O. The van der Waals surface area contributed by atoms with Gasteiger partial charge in [0.25, 0.3) is 0 Å². The minimum Gasteiger partial charge on any atom is -0.387 e. The molecule has 1 heterocycles. The van der Waals surface area contributed by atoms with E-state index in [1.54, 1.807) is 0 Å². The predicted molar refractivity (Wildman–Crippen MR) is 66.3 cm³/mol. The average molecular weight is 222 g/mol. The van der Waals surface area contributed by atoms with Crippen LogP contribution in [0.5, 0.6) is 0 Å². The van der Waals surface area contributed by atoms with E-state index >= 15 is 0 Å². The van der Waals surface area contributed by atoms with Gasteiger partial charge in [-0.25, -0.2) is 0 Å². The molecule has 0 radical (unpaired) electrons. The van der Waals surface area contributed by atoms with E-state index in [2.05, 4.69) is 18.6 Å². The molecule has 0 aliphatic heterocycles. The maximum absolute atomic E-state index is 10.1. The van der Waals surface area contributed by atoms with Crippen LogP contribution < -0.4 is 0 Å². The fourth-order valence-electron chi connectivity index (χ4n) is 1.78. The van der Waals surface area contributed by atoms with Gasteiger partial charge in [-0.3, -0.25) is 4.68 Å². The van der Waals surface area contributed by atoms with E-state index in [4.69, 9.17) is 0 Å². The summed E-state index contributed by atoms with van der Waals surface area (Å²) in [6, 6.07) is 2.02. The maximum atomic E-state index is 10.1. The fraction of sp³-hybridized carbons (Fsp3) is 0.615. The Kier molecular flexibility index (Phi) is 5.26. The number of hydrogen-bond acceptors (Lipinski definition) is 2. The highest BCUT2D eigenvalue weighted by atomic mass is 16.3. The van der Waals surface area contributed by atoms with Gasteiger partial charge in [0.1, 0.15) is 0 Å². The van der Waals surface area contributed by atoms with Crippen LogP contribution in [-0.4, -0.2) is 14.9 Å². The first-order chi connectivity index (χ1) is 7.72. The second-order valence-electron chi connectivity index (χ2n) is 3.97. The van der Waals surface area contributed by atoms with Crippen LogP contribution in [0.25, 0.3) is 0 Å². The molecule has 1 aromatic rings. The van der Waals surface area contributed by atoms with Crippen molar-refractivity contribution in [1.29, 1.82) is 0 Å². The Morgan fingerprint density at radius 1 is 1.56 bits per heavy atom. The van der Waals surface area contributed by atoms with Gasteiger partial charge in [-0.15, -0.1) is 6.58 Å². The van der Waals surface area contributed by atoms with Crippen molar-refractivity contribution < 1.29 is 5.11 Å². The summed E-state index contributed by atoms with van der Waals surface area (Å²) in [5.41, 5.74) is 2.00. The van der Waals surface area contributed by atoms with Crippen LogP contribution in [0.2, 0.25) is 0 Å². The van der Waals surface area contributed by atoms with Gasteiger partial charge in [-0.1, -0.05) is 13.0 Å². The summed E-state index contributed by atoms with van der Waals surface area (Å²) in [4.78, 5) is 0. The van der Waals surface area contributed by atoms with Crippen LogP contribution in [0, 0.1) is 0 Å². The van der Waals surface area contributed by atoms with Crippen molar-refractivity contribution in [1.82, 2.24) is 9.78 Å². The van der Waals surface area contributed by atoms with Crippen molar-refractivity contribution in [2.75, 3.05) is 0 Å². The quantitative estimate of drug-likeness (QED) is 0.569. The molecule has 1 atom stereocenters. The van der Waals surface area contributed by atoms with Crippen molar-refractivity contribution in [3.63, 3.8) is 0 Å². The minimum atomic E-state index is -0.396. The molecule has 3 nitrogen and oxygen atoms in total. The molecule has 0 fully saturated rings. The lowest BCUT2D eigenvalue weighted by Gasteiger charge is -2.11. The summed E-state index contributed by atoms with van der Waals surface area (Å²) >= 11 is 0. The zero-order valence-electron chi connectivity index (χ0n) is 10.3. The van der Waals surface area contributed by atoms with E-state index in [1.807, 2.05) is 23.7 Å². The molecule has 0 bridgehead atoms. The molecule has 0 amide bonds. The number of allylic oxidation sites excluding steroid dienone is 1. The number of nitrogens with zero attached hydrogens (tertiary/aromatic N) is 2. The van der Waals surface area contributed by atoms with Gasteiger partial charge < -0.3 is 5.11 Å². The highest BCUT2D eigenvalue weighted by molar-refractivity contribution is 5.13. The largest absolute Gasteiger partial charge is 0.387 e. The smallest absolute Gasteiger partial charge is 0.0956 e. The number of aliphatic hydroxyl groups excluding tert-OH is 1. The molecule has 0 aliphatic rings. The standard InChI is InChI=1S/C13H22N2O/c1-4-7-8-9-13(16)12-10-11(5-2)14-15(12)6-3/h4,10,13,16H,1,5-9H2,2-3H3. The molecule has 90 valence electrons. The maximum Gasteiger partial charge on any atom is 0.0956 e. The lowest BCUT2D eigenvalue weighted by Crippen LogP contribution is -2.07. The fourth-order valence-corrected chi connectivity index (χ4v) is 1.78. The highest BCUT2D eigenvalue weighted by Gasteiger charge is 2.14. The van der Waals surface area contributed by atoms with E-state index in [9.17, 15) is 5.11 Å². The Labute approximate surface area is 97.8 Å². The van der Waals surface area contributed by atoms with Gasteiger partial charge in [-0.05, 0) is 38.7 Å². The van der Waals surface area contributed by atoms with Gasteiger partial charge in [-0.2, -0.15) is 5.10 Å². The van der Waals surface area contributed by atoms with Crippen molar-refractivity contribution in [2.45, 2.75) is 52.2 Å². The molecule has 3 heteroatoms. The average Bonchev–Trinajstić information content (AvgIpc) is 2.72. The van der Waals surface area contributed by atoms with Crippen LogP contribution in [0.1, 0.15) is 50.6 Å². The molecule has 1 rings (SSSR count). The van der Waals surface area contributed by atoms with Crippen LogP contribution >= 0.6 is 0 Å². The molecule has 1 aromatic heterocycles. The molecule has 0 saturated heterocycles. The number of unbranched alkanes of at least 4 members (excludes halogenated alkanes) is 1. The third-order valence-corrected chi connectivity index (χ3v) is 2.75. The van der Waals surface area contributed by atoms with Crippen LogP contribution in [0.3, 0.4) is 0 Å². The van der Waals surface area contributed by atoms with Crippen LogP contribution in [0.4, 0.5) is 0 Å². The molecule has 1 N–H and O–H groups in total. The minimum absolute atomic E-state index is 0.396. The van der Waals surface area contributed by atoms with E-state index in [-0.39, 0.29) is 0 Å². The van der Waals surface area contributed by atoms with E-state index < -0.39 is 6.10 Å². The first kappa shape index (κ1) is 13.0. The van der Waals surface area contributed by atoms with E-state index in [0.29, 0.717) is 0 Å². The van der Waals surface area contributed by atoms with Gasteiger partial charge in [0.15, 0.2) is 0 Å². The summed E-state index contributed by atoms with van der Waals surface area (Å²) in [6.45, 7) is 8.62. The molecule has 0 spiro atoms. The van der Waals surface area contributed by atoms with Gasteiger partial charge in [0.05, 0.1) is 17.5 Å². The Bertz CT molecular complexity index is 331. The van der Waals surface area contributed by atoms with Crippen molar-refractivity contribution in [3.8, 4) is 0 Å². The SMILES string of the molecule is C=CCCCC(O)c1cc(CC)nn1CC. The summed E-state index contributed by atoms with van der Waals surface area (Å²) in [7, 11) is 0. The number of aliphatic hydroxyl groups is 1. The van der Waals surface area contributed by atoms with Crippen molar-refractivity contribution >= 4 is 0 Å². The lowest BCUT2D eigenvalue weighted by atomic mass is 10.1. The Balaban J connectivity index is 2.68. The van der Waals surface area contributed by atoms with Gasteiger partial charge in [0, 0.05) is 6.54 Å². The molecule has 1 unspecified atom stereocenters. The third kappa shape index (κ3) is 3.20. The zero-order valence-corrected chi connectivity index (χ0v) is 10.3. The van der Waals surface area contributed by atoms with Crippen LogP contribution in [-0.2, 0) is 13.0 Å². The Hall–Kier alpha value is -1.09. The van der Waals surface area contributed by atoms with Crippen molar-refractivity contribution in [2.24, 2.45) is 0 Å². The Morgan fingerprint density at radius 2 is 2.31 bits per heavy atom. The summed E-state index contributed by atoms with van der Waals surface area (Å²) in [5, 5.41) is 14.5. The van der Waals surface area contributed by atoms with Gasteiger partial charge >= 0.3 is 0 Å². The first-order valence-electron chi connectivity index (χ1n) is 6.08. The summed E-state index contributed by atoms with van der Waals surface area (Å²) in [5.74, 6) is 0. The first-order valence-corrected chi connectivity index (χ1v) is 6.08. The monoisotopic (exact) mass is 222 g/mol. The topological polar surface area (TPSA) is 38.1 Å². The number of rotatable bonds is 7. The van der Waals surface area contributed by atoms with E-state index in [0.717, 1.165) is 43.6 Å². The molecule has 0 saturated carbocycles. The second-order valence-corrected chi connectivity index (χ2v) is 3.97. The summed E-state index contributed by atoms with van der Waals surface area (Å²) in [6.07, 6.45) is 5.12. The predicted octanol–water partition coefficient (Wildman–Crippen LogP) is 2.86. The lowest BCUT2D eigenvalue weighted by molar-refractivity contribution is 0.154. The molecule has 0 aliphatic carbocycles. The highest BCUT2D eigenvalue weighted by Crippen LogP contribution is 2.20. The van der Waals surface area contributed by atoms with Crippen LogP contribution in [0.15, 0.2) is 18.7 Å². The molecule has 0 aromatic carbocycles. The normalized spacial score (nSPS) is 12.7. The summed E-state index contributed by atoms with van der Waals surface area (Å²) < 4.78 is 1.90. The third-order valence-electron chi connectivity index (χ3n) is 2.75. The molecular weight excluding hydrogens is 200 g/mol. The number of hydrogen-bond donors (Lipinski definition) is 1. The second kappa shape index (κ2) is 6.48. The number of aryl methyl sites for hydroxylation is 2.